The average Bonchev–Trinajstić information content (AvgIpc) is 2.28. The van der Waals surface area contributed by atoms with E-state index < -0.39 is 0 Å². The molecule has 1 rings (SSSR count). The maximum absolute atomic E-state index is 11.5. The summed E-state index contributed by atoms with van der Waals surface area (Å²) in [6, 6.07) is 8.06. The van der Waals surface area contributed by atoms with Crippen LogP contribution in [0, 0.1) is 6.92 Å². The highest BCUT2D eigenvalue weighted by molar-refractivity contribution is 5.85. The lowest BCUT2D eigenvalue weighted by Gasteiger charge is -2.05. The molecular weight excluding hydrogens is 236 g/mol. The van der Waals surface area contributed by atoms with Crippen LogP contribution in [0.1, 0.15) is 18.1 Å². The van der Waals surface area contributed by atoms with Crippen molar-refractivity contribution in [2.24, 2.45) is 0 Å². The molecule has 0 radical (unpaired) electrons. The molecule has 0 saturated carbocycles. The molecular formula is C13H21ClN2O. The molecule has 0 aromatic heterocycles. The lowest BCUT2D eigenvalue weighted by molar-refractivity contribution is -0.120. The van der Waals surface area contributed by atoms with E-state index in [2.05, 4.69) is 10.6 Å². The highest BCUT2D eigenvalue weighted by atomic mass is 35.5. The summed E-state index contributed by atoms with van der Waals surface area (Å²) in [4.78, 5) is 11.5. The molecule has 0 spiro atoms. The van der Waals surface area contributed by atoms with Crippen LogP contribution in [0.4, 0.5) is 0 Å². The number of hydrogen-bond acceptors (Lipinski definition) is 2. The Balaban J connectivity index is 0.00000256. The summed E-state index contributed by atoms with van der Waals surface area (Å²) < 4.78 is 0. The van der Waals surface area contributed by atoms with Crippen LogP contribution in [0.15, 0.2) is 24.3 Å². The summed E-state index contributed by atoms with van der Waals surface area (Å²) in [7, 11) is 0. The first-order valence-electron chi connectivity index (χ1n) is 5.75. The molecule has 1 amide bonds. The largest absolute Gasteiger partial charge is 0.355 e. The number of aryl methyl sites for hydroxylation is 1. The molecule has 17 heavy (non-hydrogen) atoms. The molecule has 0 fully saturated rings. The summed E-state index contributed by atoms with van der Waals surface area (Å²) in [6.07, 6.45) is 0.465. The third-order valence-electron chi connectivity index (χ3n) is 2.36. The Morgan fingerprint density at radius 3 is 2.41 bits per heavy atom. The Morgan fingerprint density at radius 1 is 1.18 bits per heavy atom. The third kappa shape index (κ3) is 6.97. The first-order chi connectivity index (χ1) is 7.72. The van der Waals surface area contributed by atoms with E-state index >= 15 is 0 Å². The summed E-state index contributed by atoms with van der Waals surface area (Å²) in [6.45, 7) is 6.55. The topological polar surface area (TPSA) is 41.1 Å². The van der Waals surface area contributed by atoms with Gasteiger partial charge in [0.25, 0.3) is 0 Å². The van der Waals surface area contributed by atoms with Gasteiger partial charge in [0.1, 0.15) is 0 Å². The van der Waals surface area contributed by atoms with Crippen LogP contribution in [0.25, 0.3) is 0 Å². The molecule has 0 atom stereocenters. The maximum Gasteiger partial charge on any atom is 0.224 e. The number of likely N-dealkylation sites (N-methyl/N-ethyl adjacent to an activating group) is 1. The van der Waals surface area contributed by atoms with E-state index in [-0.39, 0.29) is 18.3 Å². The standard InChI is InChI=1S/C13H20N2O.ClH/c1-3-14-8-9-15-13(16)10-12-6-4-11(2)5-7-12;/h4-7,14H,3,8-10H2,1-2H3,(H,15,16);1H. The van der Waals surface area contributed by atoms with E-state index in [0.29, 0.717) is 13.0 Å². The number of nitrogens with one attached hydrogen (secondary N) is 2. The molecule has 0 aliphatic heterocycles. The van der Waals surface area contributed by atoms with Crippen molar-refractivity contribution in [2.45, 2.75) is 20.3 Å². The summed E-state index contributed by atoms with van der Waals surface area (Å²) in [5.74, 6) is 0.0850. The van der Waals surface area contributed by atoms with Crippen LogP contribution in [0.5, 0.6) is 0 Å². The fraction of sp³-hybridized carbons (Fsp3) is 0.462. The lowest BCUT2D eigenvalue weighted by Crippen LogP contribution is -2.32. The van der Waals surface area contributed by atoms with Crippen LogP contribution in [0.3, 0.4) is 0 Å². The number of rotatable bonds is 6. The Bertz CT molecular complexity index is 325. The van der Waals surface area contributed by atoms with Gasteiger partial charge in [-0.1, -0.05) is 36.8 Å². The fourth-order valence-electron chi connectivity index (χ4n) is 1.42. The number of halogens is 1. The van der Waals surface area contributed by atoms with Gasteiger partial charge in [-0.2, -0.15) is 0 Å². The zero-order chi connectivity index (χ0) is 11.8. The monoisotopic (exact) mass is 256 g/mol. The van der Waals surface area contributed by atoms with Crippen LogP contribution < -0.4 is 10.6 Å². The average molecular weight is 257 g/mol. The van der Waals surface area contributed by atoms with Crippen molar-refractivity contribution < 1.29 is 4.79 Å². The van der Waals surface area contributed by atoms with E-state index in [0.717, 1.165) is 18.7 Å². The Morgan fingerprint density at radius 2 is 1.82 bits per heavy atom. The first-order valence-corrected chi connectivity index (χ1v) is 5.75. The minimum Gasteiger partial charge on any atom is -0.355 e. The van der Waals surface area contributed by atoms with E-state index in [4.69, 9.17) is 0 Å². The predicted molar refractivity (Wildman–Crippen MR) is 73.7 cm³/mol. The third-order valence-corrected chi connectivity index (χ3v) is 2.36. The van der Waals surface area contributed by atoms with Crippen LogP contribution in [0.2, 0.25) is 0 Å². The van der Waals surface area contributed by atoms with Crippen LogP contribution in [-0.2, 0) is 11.2 Å². The molecule has 1 aromatic rings. The SMILES string of the molecule is CCNCCNC(=O)Cc1ccc(C)cc1.Cl. The Hall–Kier alpha value is -1.06. The van der Waals surface area contributed by atoms with Gasteiger partial charge < -0.3 is 10.6 Å². The van der Waals surface area contributed by atoms with Gasteiger partial charge in [0.05, 0.1) is 6.42 Å². The normalized spacial score (nSPS) is 9.53. The van der Waals surface area contributed by atoms with Crippen molar-refractivity contribution >= 4 is 18.3 Å². The molecule has 0 unspecified atom stereocenters. The van der Waals surface area contributed by atoms with Crippen molar-refractivity contribution in [1.29, 1.82) is 0 Å². The van der Waals surface area contributed by atoms with Gasteiger partial charge in [-0.3, -0.25) is 4.79 Å². The molecule has 4 heteroatoms. The van der Waals surface area contributed by atoms with E-state index in [1.54, 1.807) is 0 Å². The van der Waals surface area contributed by atoms with Gasteiger partial charge in [-0.25, -0.2) is 0 Å². The van der Waals surface area contributed by atoms with Crippen molar-refractivity contribution in [3.8, 4) is 0 Å². The molecule has 2 N–H and O–H groups in total. The van der Waals surface area contributed by atoms with Gasteiger partial charge in [0, 0.05) is 13.1 Å². The van der Waals surface area contributed by atoms with Crippen LogP contribution in [-0.4, -0.2) is 25.5 Å². The smallest absolute Gasteiger partial charge is 0.224 e. The lowest BCUT2D eigenvalue weighted by atomic mass is 10.1. The number of hydrogen-bond donors (Lipinski definition) is 2. The number of benzene rings is 1. The molecule has 0 aliphatic carbocycles. The predicted octanol–water partition coefficient (Wildman–Crippen LogP) is 1.69. The first kappa shape index (κ1) is 15.9. The second-order valence-corrected chi connectivity index (χ2v) is 3.87. The maximum atomic E-state index is 11.5. The van der Waals surface area contributed by atoms with E-state index in [9.17, 15) is 4.79 Å². The summed E-state index contributed by atoms with van der Waals surface area (Å²) in [5.41, 5.74) is 2.28. The molecule has 3 nitrogen and oxygen atoms in total. The van der Waals surface area contributed by atoms with Gasteiger partial charge in [0.15, 0.2) is 0 Å². The minimum absolute atomic E-state index is 0. The molecule has 1 aromatic carbocycles. The van der Waals surface area contributed by atoms with Crippen molar-refractivity contribution in [3.05, 3.63) is 35.4 Å². The molecule has 0 aliphatic rings. The van der Waals surface area contributed by atoms with Crippen LogP contribution >= 0.6 is 12.4 Å². The molecule has 0 saturated heterocycles. The zero-order valence-electron chi connectivity index (χ0n) is 10.5. The molecule has 0 bridgehead atoms. The van der Waals surface area contributed by atoms with Gasteiger partial charge in [-0.05, 0) is 19.0 Å². The van der Waals surface area contributed by atoms with Gasteiger partial charge >= 0.3 is 0 Å². The van der Waals surface area contributed by atoms with Gasteiger partial charge in [-0.15, -0.1) is 12.4 Å². The number of amides is 1. The van der Waals surface area contributed by atoms with E-state index in [1.807, 2.05) is 38.1 Å². The number of carbonyl (C=O) groups excluding carboxylic acids is 1. The Kier molecular flexibility index (Phi) is 8.46. The minimum atomic E-state index is 0. The summed E-state index contributed by atoms with van der Waals surface area (Å²) >= 11 is 0. The number of carbonyl (C=O) groups is 1. The zero-order valence-corrected chi connectivity index (χ0v) is 11.3. The quantitative estimate of drug-likeness (QED) is 0.761. The highest BCUT2D eigenvalue weighted by Crippen LogP contribution is 2.03. The second kappa shape index (κ2) is 9.02. The van der Waals surface area contributed by atoms with Crippen molar-refractivity contribution in [3.63, 3.8) is 0 Å². The Labute approximate surface area is 109 Å². The fourth-order valence-corrected chi connectivity index (χ4v) is 1.42. The van der Waals surface area contributed by atoms with E-state index in [1.165, 1.54) is 5.56 Å². The molecule has 0 heterocycles. The second-order valence-electron chi connectivity index (χ2n) is 3.87. The molecule has 96 valence electrons. The van der Waals surface area contributed by atoms with Gasteiger partial charge in [0.2, 0.25) is 5.91 Å². The highest BCUT2D eigenvalue weighted by Gasteiger charge is 2.01. The van der Waals surface area contributed by atoms with Crippen molar-refractivity contribution in [2.75, 3.05) is 19.6 Å². The van der Waals surface area contributed by atoms with Crippen molar-refractivity contribution in [1.82, 2.24) is 10.6 Å². The summed E-state index contributed by atoms with van der Waals surface area (Å²) in [5, 5.41) is 6.04.